The van der Waals surface area contributed by atoms with Crippen molar-refractivity contribution in [3.05, 3.63) is 108 Å². The number of carbonyl (C=O) groups is 2. The molecule has 0 spiro atoms. The van der Waals surface area contributed by atoms with Crippen LogP contribution in [0.5, 0.6) is 0 Å². The van der Waals surface area contributed by atoms with Gasteiger partial charge in [-0.25, -0.2) is 12.8 Å². The Balaban J connectivity index is 1.37. The lowest BCUT2D eigenvalue weighted by atomic mass is 10.0. The third-order valence-electron chi connectivity index (χ3n) is 7.22. The minimum absolute atomic E-state index is 0.0296. The number of hydrogen-bond acceptors (Lipinski definition) is 4. The maximum atomic E-state index is 13.7. The first kappa shape index (κ1) is 27.3. The summed E-state index contributed by atoms with van der Waals surface area (Å²) in [6.07, 6.45) is 0.585. The van der Waals surface area contributed by atoms with Crippen molar-refractivity contribution in [2.75, 3.05) is 17.9 Å². The zero-order chi connectivity index (χ0) is 28.3. The van der Waals surface area contributed by atoms with E-state index in [1.807, 2.05) is 48.5 Å². The molecule has 2 amide bonds. The smallest absolute Gasteiger partial charge is 0.265 e. The fraction of sp³-hybridized carbons (Fsp3) is 0.226. The molecule has 0 radical (unpaired) electrons. The molecule has 9 heteroatoms. The number of hydrogen-bond donors (Lipinski definition) is 1. The van der Waals surface area contributed by atoms with Crippen molar-refractivity contribution in [3.8, 4) is 0 Å². The summed E-state index contributed by atoms with van der Waals surface area (Å²) >= 11 is 0. The number of halogens is 1. The lowest BCUT2D eigenvalue weighted by Gasteiger charge is -2.31. The van der Waals surface area contributed by atoms with E-state index in [9.17, 15) is 22.4 Å². The molecule has 0 unspecified atom stereocenters. The van der Waals surface area contributed by atoms with Gasteiger partial charge in [0.25, 0.3) is 10.0 Å². The number of nitrogens with zero attached hydrogens (tertiary/aromatic N) is 2. The molecule has 1 atom stereocenters. The van der Waals surface area contributed by atoms with Gasteiger partial charge < -0.3 is 10.2 Å². The zero-order valence-electron chi connectivity index (χ0n) is 22.1. The van der Waals surface area contributed by atoms with Crippen LogP contribution in [0.25, 0.3) is 10.8 Å². The molecule has 0 saturated heterocycles. The molecular formula is C31H30FN3O4S. The predicted octanol–water partition coefficient (Wildman–Crippen LogP) is 4.65. The van der Waals surface area contributed by atoms with Crippen molar-refractivity contribution in [1.82, 2.24) is 10.2 Å². The number of likely N-dealkylation sites (N-methyl/N-ethyl adjacent to an activating group) is 1. The molecule has 7 nitrogen and oxygen atoms in total. The highest BCUT2D eigenvalue weighted by Crippen LogP contribution is 2.42. The Kier molecular flexibility index (Phi) is 7.84. The molecule has 1 aliphatic heterocycles. The molecule has 0 bridgehead atoms. The molecule has 1 heterocycles. The van der Waals surface area contributed by atoms with Crippen LogP contribution in [0.1, 0.15) is 24.0 Å². The number of amides is 2. The minimum atomic E-state index is -3.73. The van der Waals surface area contributed by atoms with E-state index >= 15 is 0 Å². The van der Waals surface area contributed by atoms with Gasteiger partial charge in [-0.2, -0.15) is 0 Å². The van der Waals surface area contributed by atoms with E-state index in [4.69, 9.17) is 0 Å². The summed E-state index contributed by atoms with van der Waals surface area (Å²) in [6.45, 7) is 0.229. The van der Waals surface area contributed by atoms with E-state index in [2.05, 4.69) is 5.32 Å². The van der Waals surface area contributed by atoms with Crippen LogP contribution < -0.4 is 9.62 Å². The number of anilines is 1. The molecule has 4 aromatic rings. The average molecular weight is 560 g/mol. The zero-order valence-corrected chi connectivity index (χ0v) is 22.9. The summed E-state index contributed by atoms with van der Waals surface area (Å²) in [6, 6.07) is 25.1. The minimum Gasteiger partial charge on any atom is -0.357 e. The van der Waals surface area contributed by atoms with Crippen LogP contribution in [0.3, 0.4) is 0 Å². The molecule has 5 rings (SSSR count). The summed E-state index contributed by atoms with van der Waals surface area (Å²) in [5.74, 6) is -0.999. The van der Waals surface area contributed by atoms with Crippen LogP contribution in [0.2, 0.25) is 0 Å². The van der Waals surface area contributed by atoms with Crippen molar-refractivity contribution in [2.45, 2.75) is 36.7 Å². The van der Waals surface area contributed by atoms with E-state index in [1.165, 1.54) is 28.4 Å². The summed E-state index contributed by atoms with van der Waals surface area (Å²) in [5, 5.41) is 4.20. The van der Waals surface area contributed by atoms with Gasteiger partial charge in [0.1, 0.15) is 11.9 Å². The molecule has 1 N–H and O–H groups in total. The van der Waals surface area contributed by atoms with Crippen molar-refractivity contribution in [3.63, 3.8) is 0 Å². The quantitative estimate of drug-likeness (QED) is 0.306. The van der Waals surface area contributed by atoms with Crippen LogP contribution in [0.15, 0.2) is 95.9 Å². The number of rotatable bonds is 10. The van der Waals surface area contributed by atoms with Crippen molar-refractivity contribution >= 4 is 38.3 Å². The van der Waals surface area contributed by atoms with Gasteiger partial charge in [0.2, 0.25) is 11.8 Å². The predicted molar refractivity (Wildman–Crippen MR) is 153 cm³/mol. The van der Waals surface area contributed by atoms with E-state index in [0.29, 0.717) is 23.1 Å². The number of nitrogens with one attached hydrogen (secondary N) is 1. The Morgan fingerprint density at radius 3 is 2.30 bits per heavy atom. The van der Waals surface area contributed by atoms with Gasteiger partial charge in [0, 0.05) is 38.4 Å². The number of benzene rings is 4. The Labute approximate surface area is 233 Å². The molecular weight excluding hydrogens is 529 g/mol. The standard InChI is InChI=1S/C31H30FN3O4S/c1-33-31(37)27(20-22-8-3-2-4-9-22)34(21-23-15-17-25(32)18-16-23)29(36)14-7-19-35-26-12-5-10-24-11-6-13-28(30(24)26)40(35,38)39/h2-6,8-13,15-18,27H,7,14,19-21H2,1H3,(H,33,37)/t27-/m0/s1. The topological polar surface area (TPSA) is 86.8 Å². The van der Waals surface area contributed by atoms with Gasteiger partial charge in [-0.3, -0.25) is 13.9 Å². The Hall–Kier alpha value is -4.24. The van der Waals surface area contributed by atoms with Gasteiger partial charge in [0.15, 0.2) is 0 Å². The fourth-order valence-corrected chi connectivity index (χ4v) is 6.97. The monoisotopic (exact) mass is 559 g/mol. The number of carbonyl (C=O) groups excluding carboxylic acids is 2. The molecule has 1 aliphatic rings. The summed E-state index contributed by atoms with van der Waals surface area (Å²) in [7, 11) is -2.21. The second-order valence-corrected chi connectivity index (χ2v) is 11.6. The van der Waals surface area contributed by atoms with Crippen molar-refractivity contribution in [1.29, 1.82) is 0 Å². The highest BCUT2D eigenvalue weighted by atomic mass is 32.2. The van der Waals surface area contributed by atoms with Crippen LogP contribution in [0.4, 0.5) is 10.1 Å². The lowest BCUT2D eigenvalue weighted by Crippen LogP contribution is -2.49. The molecule has 206 valence electrons. The maximum Gasteiger partial charge on any atom is 0.265 e. The number of sulfonamides is 1. The van der Waals surface area contributed by atoms with Gasteiger partial charge in [-0.15, -0.1) is 0 Å². The van der Waals surface area contributed by atoms with Crippen molar-refractivity contribution < 1.29 is 22.4 Å². The first-order valence-corrected chi connectivity index (χ1v) is 14.6. The molecule has 4 aromatic carbocycles. The van der Waals surface area contributed by atoms with E-state index in [0.717, 1.165) is 10.9 Å². The van der Waals surface area contributed by atoms with Crippen LogP contribution in [-0.4, -0.2) is 44.8 Å². The van der Waals surface area contributed by atoms with Crippen molar-refractivity contribution in [2.24, 2.45) is 0 Å². The molecule has 40 heavy (non-hydrogen) atoms. The molecule has 0 aromatic heterocycles. The normalized spacial score (nSPS) is 14.2. The molecule has 0 saturated carbocycles. The second kappa shape index (κ2) is 11.5. The Bertz CT molecular complexity index is 1640. The first-order chi connectivity index (χ1) is 19.3. The fourth-order valence-electron chi connectivity index (χ4n) is 5.22. The highest BCUT2D eigenvalue weighted by Gasteiger charge is 2.35. The third kappa shape index (κ3) is 5.42. The lowest BCUT2D eigenvalue weighted by molar-refractivity contribution is -0.141. The third-order valence-corrected chi connectivity index (χ3v) is 9.07. The molecule has 0 aliphatic carbocycles. The van der Waals surface area contributed by atoms with Gasteiger partial charge >= 0.3 is 0 Å². The highest BCUT2D eigenvalue weighted by molar-refractivity contribution is 7.93. The van der Waals surface area contributed by atoms with Gasteiger partial charge in [0.05, 0.1) is 10.6 Å². The Morgan fingerprint density at radius 2 is 1.60 bits per heavy atom. The second-order valence-electron chi connectivity index (χ2n) is 9.78. The largest absolute Gasteiger partial charge is 0.357 e. The van der Waals surface area contributed by atoms with E-state index < -0.39 is 21.9 Å². The molecule has 0 fully saturated rings. The maximum absolute atomic E-state index is 13.7. The first-order valence-electron chi connectivity index (χ1n) is 13.1. The SMILES string of the molecule is CNC(=O)[C@H](Cc1ccccc1)N(Cc1ccc(F)cc1)C(=O)CCCN1c2cccc3cccc(c23)S1(=O)=O. The summed E-state index contributed by atoms with van der Waals surface area (Å²) in [5.41, 5.74) is 2.18. The van der Waals surface area contributed by atoms with Crippen LogP contribution in [-0.2, 0) is 32.6 Å². The summed E-state index contributed by atoms with van der Waals surface area (Å²) < 4.78 is 41.6. The van der Waals surface area contributed by atoms with E-state index in [-0.39, 0.29) is 42.6 Å². The average Bonchev–Trinajstić information content (AvgIpc) is 3.19. The van der Waals surface area contributed by atoms with Crippen LogP contribution in [0, 0.1) is 5.82 Å². The van der Waals surface area contributed by atoms with Gasteiger partial charge in [-0.1, -0.05) is 66.7 Å². The summed E-state index contributed by atoms with van der Waals surface area (Å²) in [4.78, 5) is 28.5. The van der Waals surface area contributed by atoms with Crippen LogP contribution >= 0.6 is 0 Å². The van der Waals surface area contributed by atoms with E-state index in [1.54, 1.807) is 30.3 Å². The van der Waals surface area contributed by atoms with Gasteiger partial charge in [-0.05, 0) is 47.2 Å². The Morgan fingerprint density at radius 1 is 0.900 bits per heavy atom.